The van der Waals surface area contributed by atoms with Gasteiger partial charge in [-0.05, 0) is 38.4 Å². The first kappa shape index (κ1) is 25.4. The Labute approximate surface area is 190 Å². The minimum Gasteiger partial charge on any atom is -0.365 e. The van der Waals surface area contributed by atoms with Gasteiger partial charge in [0.15, 0.2) is 0 Å². The van der Waals surface area contributed by atoms with Crippen LogP contribution in [0.1, 0.15) is 38.2 Å². The molecule has 1 aliphatic rings. The molecule has 1 N–H and O–H groups in total. The van der Waals surface area contributed by atoms with Crippen molar-refractivity contribution in [1.82, 2.24) is 10.2 Å². The van der Waals surface area contributed by atoms with Crippen molar-refractivity contribution in [1.29, 1.82) is 0 Å². The summed E-state index contributed by atoms with van der Waals surface area (Å²) in [6, 6.07) is 4.97. The van der Waals surface area contributed by atoms with Crippen molar-refractivity contribution in [2.45, 2.75) is 44.8 Å². The van der Waals surface area contributed by atoms with Crippen LogP contribution in [0.4, 0.5) is 11.4 Å². The van der Waals surface area contributed by atoms with E-state index in [4.69, 9.17) is 4.74 Å². The van der Waals surface area contributed by atoms with Crippen LogP contribution in [-0.4, -0.2) is 76.6 Å². The second-order valence-electron chi connectivity index (χ2n) is 8.05. The van der Waals surface area contributed by atoms with Crippen molar-refractivity contribution in [3.63, 3.8) is 0 Å². The molecule has 1 atom stereocenters. The Morgan fingerprint density at radius 1 is 1.31 bits per heavy atom. The number of likely N-dealkylation sites (N-methyl/N-ethyl adjacent to an activating group) is 1. The third-order valence-corrected chi connectivity index (χ3v) is 5.72. The lowest BCUT2D eigenvalue weighted by molar-refractivity contribution is -0.126. The van der Waals surface area contributed by atoms with Crippen LogP contribution in [0.5, 0.6) is 0 Å². The minimum absolute atomic E-state index is 0.223. The Kier molecular flexibility index (Phi) is 10.2. The van der Waals surface area contributed by atoms with Crippen molar-refractivity contribution < 1.29 is 19.1 Å². The summed E-state index contributed by atoms with van der Waals surface area (Å²) >= 11 is 0. The van der Waals surface area contributed by atoms with E-state index in [1.54, 1.807) is 19.0 Å². The SMILES string of the molecule is CCCC(C(=O)NC=O)N(C)c1cccc(C#CCOC2CCN(C)CC2)c1N(C)C=O. The summed E-state index contributed by atoms with van der Waals surface area (Å²) in [4.78, 5) is 40.4. The Hall–Kier alpha value is -2.89. The number of carbonyl (C=O) groups is 3. The summed E-state index contributed by atoms with van der Waals surface area (Å²) in [6.07, 6.45) is 4.64. The molecule has 174 valence electrons. The third-order valence-electron chi connectivity index (χ3n) is 5.72. The molecule has 8 nitrogen and oxygen atoms in total. The molecule has 1 aromatic carbocycles. The van der Waals surface area contributed by atoms with Gasteiger partial charge in [0.25, 0.3) is 0 Å². The zero-order valence-corrected chi connectivity index (χ0v) is 19.5. The van der Waals surface area contributed by atoms with Crippen molar-refractivity contribution in [2.24, 2.45) is 0 Å². The van der Waals surface area contributed by atoms with Gasteiger partial charge in [0.1, 0.15) is 12.6 Å². The van der Waals surface area contributed by atoms with Crippen LogP contribution in [-0.2, 0) is 19.1 Å². The van der Waals surface area contributed by atoms with Crippen LogP contribution >= 0.6 is 0 Å². The van der Waals surface area contributed by atoms with Gasteiger partial charge in [0, 0.05) is 27.2 Å². The molecule has 1 fully saturated rings. The second-order valence-corrected chi connectivity index (χ2v) is 8.05. The van der Waals surface area contributed by atoms with E-state index in [-0.39, 0.29) is 12.0 Å². The zero-order chi connectivity index (χ0) is 23.5. The number of piperidine rings is 1. The number of hydrogen-bond acceptors (Lipinski definition) is 6. The minimum atomic E-state index is -0.556. The fourth-order valence-corrected chi connectivity index (χ4v) is 3.88. The molecular formula is C24H34N4O4. The predicted octanol–water partition coefficient (Wildman–Crippen LogP) is 1.62. The number of nitrogens with one attached hydrogen (secondary N) is 1. The summed E-state index contributed by atoms with van der Waals surface area (Å²) in [5.74, 6) is 5.82. The van der Waals surface area contributed by atoms with Gasteiger partial charge in [-0.2, -0.15) is 0 Å². The molecule has 1 aromatic rings. The summed E-state index contributed by atoms with van der Waals surface area (Å²) in [7, 11) is 5.54. The number of carbonyl (C=O) groups excluding carboxylic acids is 3. The van der Waals surface area contributed by atoms with E-state index in [1.807, 2.05) is 25.1 Å². The molecule has 0 spiro atoms. The second kappa shape index (κ2) is 12.8. The number of amides is 3. The molecule has 2 rings (SSSR count). The molecule has 0 bridgehead atoms. The highest BCUT2D eigenvalue weighted by Gasteiger charge is 2.26. The highest BCUT2D eigenvalue weighted by atomic mass is 16.5. The first-order valence-corrected chi connectivity index (χ1v) is 11.0. The molecule has 3 amide bonds. The summed E-state index contributed by atoms with van der Waals surface area (Å²) in [5.41, 5.74) is 1.96. The van der Waals surface area contributed by atoms with Crippen LogP contribution in [0.3, 0.4) is 0 Å². The number of para-hydroxylation sites is 1. The lowest BCUT2D eigenvalue weighted by Crippen LogP contribution is -2.45. The van der Waals surface area contributed by atoms with E-state index in [1.165, 1.54) is 4.90 Å². The van der Waals surface area contributed by atoms with E-state index >= 15 is 0 Å². The average molecular weight is 443 g/mol. The van der Waals surface area contributed by atoms with E-state index < -0.39 is 6.04 Å². The molecule has 8 heteroatoms. The van der Waals surface area contributed by atoms with Crippen molar-refractivity contribution >= 4 is 30.1 Å². The number of imide groups is 1. The molecule has 1 aliphatic heterocycles. The monoisotopic (exact) mass is 442 g/mol. The smallest absolute Gasteiger partial charge is 0.249 e. The van der Waals surface area contributed by atoms with E-state index in [2.05, 4.69) is 29.1 Å². The van der Waals surface area contributed by atoms with Gasteiger partial charge in [-0.15, -0.1) is 0 Å². The fraction of sp³-hybridized carbons (Fsp3) is 0.542. The van der Waals surface area contributed by atoms with Crippen LogP contribution < -0.4 is 15.1 Å². The molecule has 32 heavy (non-hydrogen) atoms. The maximum atomic E-state index is 12.5. The van der Waals surface area contributed by atoms with Gasteiger partial charge in [0.2, 0.25) is 18.7 Å². The standard InChI is InChI=1S/C24H34N4O4/c1-5-8-22(24(31)25-17-29)28(4)21-11-6-9-19(23(21)27(3)18-30)10-7-16-32-20-12-14-26(2)15-13-20/h6,9,11,17-18,20,22H,5,8,12-16H2,1-4H3,(H,25,29,31). The Morgan fingerprint density at radius 3 is 2.66 bits per heavy atom. The van der Waals surface area contributed by atoms with Gasteiger partial charge in [-0.3, -0.25) is 19.7 Å². The van der Waals surface area contributed by atoms with Gasteiger partial charge in [-0.1, -0.05) is 31.3 Å². The molecule has 0 aliphatic carbocycles. The topological polar surface area (TPSA) is 82.2 Å². The Bertz CT molecular complexity index is 840. The third kappa shape index (κ3) is 6.81. The Balaban J connectivity index is 2.26. The van der Waals surface area contributed by atoms with Crippen molar-refractivity contribution in [3.8, 4) is 11.8 Å². The van der Waals surface area contributed by atoms with Crippen molar-refractivity contribution in [3.05, 3.63) is 23.8 Å². The molecule has 1 unspecified atom stereocenters. The van der Waals surface area contributed by atoms with E-state index in [9.17, 15) is 14.4 Å². The van der Waals surface area contributed by atoms with Gasteiger partial charge in [0.05, 0.1) is 23.0 Å². The van der Waals surface area contributed by atoms with Crippen LogP contribution in [0.25, 0.3) is 0 Å². The largest absolute Gasteiger partial charge is 0.365 e. The number of rotatable bonds is 10. The zero-order valence-electron chi connectivity index (χ0n) is 19.5. The lowest BCUT2D eigenvalue weighted by atomic mass is 10.1. The van der Waals surface area contributed by atoms with Gasteiger partial charge < -0.3 is 19.4 Å². The number of likely N-dealkylation sites (tertiary alicyclic amines) is 1. The quantitative estimate of drug-likeness (QED) is 0.438. The maximum Gasteiger partial charge on any atom is 0.249 e. The Morgan fingerprint density at radius 2 is 2.03 bits per heavy atom. The normalized spacial score (nSPS) is 15.2. The highest BCUT2D eigenvalue weighted by Crippen LogP contribution is 2.33. The van der Waals surface area contributed by atoms with Crippen LogP contribution in [0.15, 0.2) is 18.2 Å². The summed E-state index contributed by atoms with van der Waals surface area (Å²) in [5, 5.41) is 2.24. The molecular weight excluding hydrogens is 408 g/mol. The molecule has 0 aromatic heterocycles. The maximum absolute atomic E-state index is 12.5. The first-order valence-electron chi connectivity index (χ1n) is 11.0. The lowest BCUT2D eigenvalue weighted by Gasteiger charge is -2.31. The summed E-state index contributed by atoms with van der Waals surface area (Å²) < 4.78 is 5.91. The van der Waals surface area contributed by atoms with E-state index in [0.717, 1.165) is 32.4 Å². The molecule has 1 saturated heterocycles. The first-order chi connectivity index (χ1) is 15.4. The molecule has 1 heterocycles. The molecule has 0 radical (unpaired) electrons. The number of anilines is 2. The fourth-order valence-electron chi connectivity index (χ4n) is 3.88. The predicted molar refractivity (Wildman–Crippen MR) is 126 cm³/mol. The number of ether oxygens (including phenoxy) is 1. The summed E-state index contributed by atoms with van der Waals surface area (Å²) in [6.45, 7) is 4.34. The van der Waals surface area contributed by atoms with Gasteiger partial charge in [-0.25, -0.2) is 0 Å². The highest BCUT2D eigenvalue weighted by molar-refractivity contribution is 5.94. The van der Waals surface area contributed by atoms with Crippen LogP contribution in [0.2, 0.25) is 0 Å². The van der Waals surface area contributed by atoms with E-state index in [0.29, 0.717) is 42.8 Å². The van der Waals surface area contributed by atoms with Gasteiger partial charge >= 0.3 is 0 Å². The number of nitrogens with zero attached hydrogens (tertiary/aromatic N) is 3. The van der Waals surface area contributed by atoms with Crippen LogP contribution in [0, 0.1) is 11.8 Å². The number of hydrogen-bond donors (Lipinski definition) is 1. The number of benzene rings is 1. The molecule has 0 saturated carbocycles. The average Bonchev–Trinajstić information content (AvgIpc) is 2.80. The van der Waals surface area contributed by atoms with Crippen molar-refractivity contribution in [2.75, 3.05) is 50.6 Å².